The topological polar surface area (TPSA) is 60.2 Å². The van der Waals surface area contributed by atoms with Crippen LogP contribution in [0.2, 0.25) is 0 Å². The van der Waals surface area contributed by atoms with Crippen molar-refractivity contribution in [3.63, 3.8) is 0 Å². The highest BCUT2D eigenvalue weighted by atomic mass is 16.5. The van der Waals surface area contributed by atoms with Crippen molar-refractivity contribution < 1.29 is 9.26 Å². The van der Waals surface area contributed by atoms with Crippen LogP contribution in [0.25, 0.3) is 0 Å². The summed E-state index contributed by atoms with van der Waals surface area (Å²) >= 11 is 0. The number of ether oxygens (including phenoxy) is 1. The molecule has 0 fully saturated rings. The van der Waals surface area contributed by atoms with E-state index >= 15 is 0 Å². The lowest BCUT2D eigenvalue weighted by Crippen LogP contribution is -2.32. The van der Waals surface area contributed by atoms with Crippen molar-refractivity contribution in [3.05, 3.63) is 41.5 Å². The molecule has 19 heavy (non-hydrogen) atoms. The van der Waals surface area contributed by atoms with Gasteiger partial charge < -0.3 is 14.6 Å². The van der Waals surface area contributed by atoms with Gasteiger partial charge in [-0.05, 0) is 13.0 Å². The third-order valence-corrected chi connectivity index (χ3v) is 3.49. The Morgan fingerprint density at radius 1 is 1.42 bits per heavy atom. The lowest BCUT2D eigenvalue weighted by molar-refractivity contribution is 0.302. The van der Waals surface area contributed by atoms with Gasteiger partial charge in [0.05, 0.1) is 13.2 Å². The van der Waals surface area contributed by atoms with Crippen LogP contribution in [-0.2, 0) is 6.54 Å². The molecule has 1 N–H and O–H groups in total. The third kappa shape index (κ3) is 2.46. The van der Waals surface area contributed by atoms with E-state index in [0.29, 0.717) is 30.2 Å². The van der Waals surface area contributed by atoms with Crippen molar-refractivity contribution in [2.75, 3.05) is 6.61 Å². The molecule has 5 nitrogen and oxygen atoms in total. The van der Waals surface area contributed by atoms with Crippen LogP contribution in [0, 0.1) is 6.92 Å². The van der Waals surface area contributed by atoms with Gasteiger partial charge >= 0.3 is 0 Å². The quantitative estimate of drug-likeness (QED) is 0.910. The van der Waals surface area contributed by atoms with Crippen molar-refractivity contribution in [1.29, 1.82) is 0 Å². The number of fused-ring (bicyclic) bond motifs is 1. The second kappa shape index (κ2) is 5.01. The summed E-state index contributed by atoms with van der Waals surface area (Å²) in [6.07, 6.45) is 0. The number of hydrogen-bond donors (Lipinski definition) is 1. The first-order chi connectivity index (χ1) is 9.24. The maximum atomic E-state index is 5.70. The number of aryl methyl sites for hydroxylation is 1. The molecule has 0 saturated carbocycles. The zero-order valence-corrected chi connectivity index (χ0v) is 11.1. The van der Waals surface area contributed by atoms with E-state index in [2.05, 4.69) is 34.5 Å². The standard InChI is InChI=1S/C14H17N3O2/c1-9(15-7-14-16-10(2)19-17-14)12-8-18-13-6-4-3-5-11(12)13/h3-6,9,12,15H,7-8H2,1-2H3/t9-,12-/m1/s1. The molecule has 0 amide bonds. The fourth-order valence-corrected chi connectivity index (χ4v) is 2.41. The van der Waals surface area contributed by atoms with Crippen molar-refractivity contribution in [3.8, 4) is 5.75 Å². The van der Waals surface area contributed by atoms with Crippen LogP contribution in [0.4, 0.5) is 0 Å². The Labute approximate surface area is 112 Å². The summed E-state index contributed by atoms with van der Waals surface area (Å²) in [5.74, 6) is 2.65. The molecule has 100 valence electrons. The molecule has 5 heteroatoms. The summed E-state index contributed by atoms with van der Waals surface area (Å²) in [5, 5.41) is 7.31. The first kappa shape index (κ1) is 12.2. The van der Waals surface area contributed by atoms with Gasteiger partial charge in [-0.3, -0.25) is 0 Å². The molecule has 0 radical (unpaired) electrons. The van der Waals surface area contributed by atoms with Gasteiger partial charge in [0.25, 0.3) is 0 Å². The van der Waals surface area contributed by atoms with Gasteiger partial charge in [-0.1, -0.05) is 23.4 Å². The van der Waals surface area contributed by atoms with E-state index in [4.69, 9.17) is 9.26 Å². The Hall–Kier alpha value is -1.88. The molecule has 1 aliphatic rings. The average Bonchev–Trinajstić information content (AvgIpc) is 3.02. The molecule has 2 aromatic rings. The van der Waals surface area contributed by atoms with E-state index in [9.17, 15) is 0 Å². The fraction of sp³-hybridized carbons (Fsp3) is 0.429. The van der Waals surface area contributed by atoms with Gasteiger partial charge in [0.15, 0.2) is 5.82 Å². The van der Waals surface area contributed by atoms with Gasteiger partial charge in [-0.25, -0.2) is 0 Å². The third-order valence-electron chi connectivity index (χ3n) is 3.49. The zero-order valence-electron chi connectivity index (χ0n) is 11.1. The minimum atomic E-state index is 0.294. The summed E-state index contributed by atoms with van der Waals surface area (Å²) in [7, 11) is 0. The maximum absolute atomic E-state index is 5.70. The number of rotatable bonds is 4. The van der Waals surface area contributed by atoms with Crippen LogP contribution >= 0.6 is 0 Å². The highest BCUT2D eigenvalue weighted by Crippen LogP contribution is 2.35. The molecule has 0 aliphatic carbocycles. The molecular weight excluding hydrogens is 242 g/mol. The van der Waals surface area contributed by atoms with E-state index < -0.39 is 0 Å². The zero-order chi connectivity index (χ0) is 13.2. The number of para-hydroxylation sites is 1. The smallest absolute Gasteiger partial charge is 0.223 e. The SMILES string of the molecule is Cc1nc(CN[C@H](C)[C@H]2COc3ccccc32)no1. The maximum Gasteiger partial charge on any atom is 0.223 e. The highest BCUT2D eigenvalue weighted by Gasteiger charge is 2.28. The van der Waals surface area contributed by atoms with Crippen LogP contribution in [-0.4, -0.2) is 22.8 Å². The Balaban J connectivity index is 1.64. The van der Waals surface area contributed by atoms with Crippen LogP contribution < -0.4 is 10.1 Å². The van der Waals surface area contributed by atoms with Crippen LogP contribution in [0.5, 0.6) is 5.75 Å². The summed E-state index contributed by atoms with van der Waals surface area (Å²) in [4.78, 5) is 4.18. The Kier molecular flexibility index (Phi) is 3.21. The molecule has 0 spiro atoms. The molecule has 1 aliphatic heterocycles. The fourth-order valence-electron chi connectivity index (χ4n) is 2.41. The van der Waals surface area contributed by atoms with E-state index in [1.54, 1.807) is 6.92 Å². The summed E-state index contributed by atoms with van der Waals surface area (Å²) in [6, 6.07) is 8.49. The van der Waals surface area contributed by atoms with Crippen molar-refractivity contribution in [1.82, 2.24) is 15.5 Å². The number of nitrogens with one attached hydrogen (secondary N) is 1. The Morgan fingerprint density at radius 2 is 2.26 bits per heavy atom. The van der Waals surface area contributed by atoms with Crippen molar-refractivity contribution >= 4 is 0 Å². The molecule has 0 bridgehead atoms. The summed E-state index contributed by atoms with van der Waals surface area (Å²) in [5.41, 5.74) is 1.27. The van der Waals surface area contributed by atoms with Crippen LogP contribution in [0.3, 0.4) is 0 Å². The highest BCUT2D eigenvalue weighted by molar-refractivity contribution is 5.40. The monoisotopic (exact) mass is 259 g/mol. The van der Waals surface area contributed by atoms with E-state index in [-0.39, 0.29) is 0 Å². The molecule has 2 atom stereocenters. The predicted molar refractivity (Wildman–Crippen MR) is 70.0 cm³/mol. The minimum Gasteiger partial charge on any atom is -0.493 e. The molecule has 1 aromatic heterocycles. The number of hydrogen-bond acceptors (Lipinski definition) is 5. The summed E-state index contributed by atoms with van der Waals surface area (Å²) < 4.78 is 10.7. The first-order valence-electron chi connectivity index (χ1n) is 6.48. The molecule has 2 heterocycles. The second-order valence-corrected chi connectivity index (χ2v) is 4.85. The number of benzene rings is 1. The van der Waals surface area contributed by atoms with Gasteiger partial charge in [-0.15, -0.1) is 0 Å². The number of aromatic nitrogens is 2. The first-order valence-corrected chi connectivity index (χ1v) is 6.48. The predicted octanol–water partition coefficient (Wildman–Crippen LogP) is 2.03. The van der Waals surface area contributed by atoms with Gasteiger partial charge in [0.2, 0.25) is 5.89 Å². The van der Waals surface area contributed by atoms with Gasteiger partial charge in [0, 0.05) is 24.4 Å². The normalized spacial score (nSPS) is 18.9. The lowest BCUT2D eigenvalue weighted by atomic mass is 9.94. The van der Waals surface area contributed by atoms with Crippen molar-refractivity contribution in [2.24, 2.45) is 0 Å². The largest absolute Gasteiger partial charge is 0.493 e. The van der Waals surface area contributed by atoms with E-state index in [1.165, 1.54) is 5.56 Å². The second-order valence-electron chi connectivity index (χ2n) is 4.85. The van der Waals surface area contributed by atoms with Crippen LogP contribution in [0.1, 0.15) is 30.1 Å². The molecule has 0 unspecified atom stereocenters. The van der Waals surface area contributed by atoms with Crippen molar-refractivity contribution in [2.45, 2.75) is 32.4 Å². The number of nitrogens with zero attached hydrogens (tertiary/aromatic N) is 2. The molecular formula is C14H17N3O2. The minimum absolute atomic E-state index is 0.294. The Bertz CT molecular complexity index is 567. The Morgan fingerprint density at radius 3 is 3.05 bits per heavy atom. The lowest BCUT2D eigenvalue weighted by Gasteiger charge is -2.18. The van der Waals surface area contributed by atoms with E-state index in [1.807, 2.05) is 12.1 Å². The average molecular weight is 259 g/mol. The van der Waals surface area contributed by atoms with Crippen LogP contribution in [0.15, 0.2) is 28.8 Å². The van der Waals surface area contributed by atoms with Gasteiger partial charge in [-0.2, -0.15) is 4.98 Å². The molecule has 3 rings (SSSR count). The summed E-state index contributed by atoms with van der Waals surface area (Å²) in [6.45, 7) is 5.28. The van der Waals surface area contributed by atoms with E-state index in [0.717, 1.165) is 12.4 Å². The molecule has 1 aromatic carbocycles. The molecule has 0 saturated heterocycles. The van der Waals surface area contributed by atoms with Gasteiger partial charge in [0.1, 0.15) is 5.75 Å².